The Labute approximate surface area is 112 Å². The summed E-state index contributed by atoms with van der Waals surface area (Å²) in [7, 11) is 2.24. The molecule has 1 heterocycles. The summed E-state index contributed by atoms with van der Waals surface area (Å²) >= 11 is 0. The molecule has 1 saturated carbocycles. The second-order valence-corrected chi connectivity index (χ2v) is 6.28. The van der Waals surface area contributed by atoms with Crippen molar-refractivity contribution in [2.45, 2.75) is 45.1 Å². The molecule has 1 N–H and O–H groups in total. The first-order valence-corrected chi connectivity index (χ1v) is 7.75. The van der Waals surface area contributed by atoms with Crippen molar-refractivity contribution in [3.8, 4) is 0 Å². The van der Waals surface area contributed by atoms with Crippen LogP contribution in [0.2, 0.25) is 0 Å². The van der Waals surface area contributed by atoms with Crippen molar-refractivity contribution in [3.05, 3.63) is 0 Å². The van der Waals surface area contributed by atoms with Crippen LogP contribution in [0.15, 0.2) is 0 Å². The molecule has 2 rings (SSSR count). The van der Waals surface area contributed by atoms with Gasteiger partial charge in [0.1, 0.15) is 0 Å². The normalized spacial score (nSPS) is 27.3. The third-order valence-electron chi connectivity index (χ3n) is 4.35. The molecule has 0 amide bonds. The molecule has 2 atom stereocenters. The summed E-state index contributed by atoms with van der Waals surface area (Å²) < 4.78 is 5.65. The predicted molar refractivity (Wildman–Crippen MR) is 75.8 cm³/mol. The zero-order chi connectivity index (χ0) is 12.8. The second kappa shape index (κ2) is 7.46. The first-order valence-electron chi connectivity index (χ1n) is 7.75. The first-order chi connectivity index (χ1) is 8.75. The molecule has 1 aliphatic heterocycles. The Morgan fingerprint density at radius 2 is 2.17 bits per heavy atom. The van der Waals surface area contributed by atoms with Gasteiger partial charge in [0.15, 0.2) is 0 Å². The number of rotatable bonds is 8. The molecular formula is C15H30N2O. The van der Waals surface area contributed by atoms with E-state index >= 15 is 0 Å². The molecule has 18 heavy (non-hydrogen) atoms. The Hall–Kier alpha value is -0.120. The van der Waals surface area contributed by atoms with E-state index in [2.05, 4.69) is 24.2 Å². The molecule has 0 spiro atoms. The SMILES string of the molecule is CC(NCCCOCC1CC1)C1CCCN(C)C1. The predicted octanol–water partition coefficient (Wildman–Crippen LogP) is 2.12. The molecule has 0 aromatic carbocycles. The first kappa shape index (κ1) is 14.3. The maximum atomic E-state index is 5.65. The van der Waals surface area contributed by atoms with Gasteiger partial charge in [0.2, 0.25) is 0 Å². The summed E-state index contributed by atoms with van der Waals surface area (Å²) in [6, 6.07) is 0.649. The van der Waals surface area contributed by atoms with Crippen molar-refractivity contribution in [1.82, 2.24) is 10.2 Å². The third kappa shape index (κ3) is 5.25. The van der Waals surface area contributed by atoms with Crippen LogP contribution in [0.5, 0.6) is 0 Å². The summed E-state index contributed by atoms with van der Waals surface area (Å²) in [5.74, 6) is 1.73. The van der Waals surface area contributed by atoms with E-state index in [1.54, 1.807) is 0 Å². The van der Waals surface area contributed by atoms with Crippen molar-refractivity contribution in [2.75, 3.05) is 39.9 Å². The van der Waals surface area contributed by atoms with Gasteiger partial charge < -0.3 is 15.0 Å². The lowest BCUT2D eigenvalue weighted by Crippen LogP contribution is -2.43. The smallest absolute Gasteiger partial charge is 0.0494 e. The van der Waals surface area contributed by atoms with E-state index < -0.39 is 0 Å². The fourth-order valence-electron chi connectivity index (χ4n) is 2.82. The van der Waals surface area contributed by atoms with Gasteiger partial charge in [0.05, 0.1) is 0 Å². The third-order valence-corrected chi connectivity index (χ3v) is 4.35. The van der Waals surface area contributed by atoms with Gasteiger partial charge in [0.25, 0.3) is 0 Å². The maximum Gasteiger partial charge on any atom is 0.0494 e. The van der Waals surface area contributed by atoms with E-state index in [-0.39, 0.29) is 0 Å². The van der Waals surface area contributed by atoms with Crippen LogP contribution in [0, 0.1) is 11.8 Å². The van der Waals surface area contributed by atoms with Gasteiger partial charge in [0, 0.05) is 25.8 Å². The molecule has 106 valence electrons. The number of likely N-dealkylation sites (tertiary alicyclic amines) is 1. The van der Waals surface area contributed by atoms with Crippen LogP contribution < -0.4 is 5.32 Å². The Morgan fingerprint density at radius 1 is 1.33 bits per heavy atom. The van der Waals surface area contributed by atoms with E-state index in [0.717, 1.165) is 38.0 Å². The average Bonchev–Trinajstić information content (AvgIpc) is 3.17. The van der Waals surface area contributed by atoms with E-state index in [4.69, 9.17) is 4.74 Å². The number of piperidine rings is 1. The second-order valence-electron chi connectivity index (χ2n) is 6.28. The Kier molecular flexibility index (Phi) is 5.93. The van der Waals surface area contributed by atoms with Crippen molar-refractivity contribution >= 4 is 0 Å². The summed E-state index contributed by atoms with van der Waals surface area (Å²) in [6.45, 7) is 7.91. The van der Waals surface area contributed by atoms with Crippen molar-refractivity contribution in [1.29, 1.82) is 0 Å². The van der Waals surface area contributed by atoms with Gasteiger partial charge in [-0.05, 0) is 71.0 Å². The van der Waals surface area contributed by atoms with Gasteiger partial charge in [-0.25, -0.2) is 0 Å². The fourth-order valence-corrected chi connectivity index (χ4v) is 2.82. The van der Waals surface area contributed by atoms with E-state index in [1.807, 2.05) is 0 Å². The number of nitrogens with one attached hydrogen (secondary N) is 1. The van der Waals surface area contributed by atoms with Crippen LogP contribution in [0.25, 0.3) is 0 Å². The molecule has 3 heteroatoms. The molecule has 0 aromatic rings. The number of ether oxygens (including phenoxy) is 1. The maximum absolute atomic E-state index is 5.65. The molecule has 3 nitrogen and oxygen atoms in total. The summed E-state index contributed by atoms with van der Waals surface area (Å²) in [5.41, 5.74) is 0. The largest absolute Gasteiger partial charge is 0.381 e. The van der Waals surface area contributed by atoms with Crippen LogP contribution in [0.4, 0.5) is 0 Å². The lowest BCUT2D eigenvalue weighted by molar-refractivity contribution is 0.119. The molecule has 2 aliphatic rings. The van der Waals surface area contributed by atoms with Crippen LogP contribution in [0.3, 0.4) is 0 Å². The van der Waals surface area contributed by atoms with Crippen LogP contribution in [0.1, 0.15) is 39.0 Å². The molecular weight excluding hydrogens is 224 g/mol. The van der Waals surface area contributed by atoms with Gasteiger partial charge in [-0.1, -0.05) is 0 Å². The van der Waals surface area contributed by atoms with Crippen LogP contribution >= 0.6 is 0 Å². The average molecular weight is 254 g/mol. The quantitative estimate of drug-likeness (QED) is 0.672. The Morgan fingerprint density at radius 3 is 2.89 bits per heavy atom. The summed E-state index contributed by atoms with van der Waals surface area (Å²) in [6.07, 6.45) is 6.68. The zero-order valence-electron chi connectivity index (χ0n) is 12.2. The number of nitrogens with zero attached hydrogens (tertiary/aromatic N) is 1. The molecule has 2 fully saturated rings. The van der Waals surface area contributed by atoms with E-state index in [9.17, 15) is 0 Å². The number of hydrogen-bond acceptors (Lipinski definition) is 3. The molecule has 1 saturated heterocycles. The molecule has 1 aliphatic carbocycles. The minimum absolute atomic E-state index is 0.649. The number of hydrogen-bond donors (Lipinski definition) is 1. The Bertz CT molecular complexity index is 231. The lowest BCUT2D eigenvalue weighted by Gasteiger charge is -2.34. The highest BCUT2D eigenvalue weighted by Crippen LogP contribution is 2.28. The van der Waals surface area contributed by atoms with Gasteiger partial charge >= 0.3 is 0 Å². The fraction of sp³-hybridized carbons (Fsp3) is 1.00. The standard InChI is InChI=1S/C15H30N2O/c1-13(15-5-3-9-17(2)11-15)16-8-4-10-18-12-14-6-7-14/h13-16H,3-12H2,1-2H3. The van der Waals surface area contributed by atoms with Crippen molar-refractivity contribution in [2.24, 2.45) is 11.8 Å². The molecule has 2 unspecified atom stereocenters. The minimum Gasteiger partial charge on any atom is -0.381 e. The highest BCUT2D eigenvalue weighted by Gasteiger charge is 2.22. The zero-order valence-corrected chi connectivity index (χ0v) is 12.2. The van der Waals surface area contributed by atoms with Gasteiger partial charge in [-0.2, -0.15) is 0 Å². The molecule has 0 bridgehead atoms. The Balaban J connectivity index is 1.46. The minimum atomic E-state index is 0.649. The van der Waals surface area contributed by atoms with Crippen LogP contribution in [-0.4, -0.2) is 50.8 Å². The molecule has 0 radical (unpaired) electrons. The van der Waals surface area contributed by atoms with E-state index in [0.29, 0.717) is 6.04 Å². The summed E-state index contributed by atoms with van der Waals surface area (Å²) in [5, 5.41) is 3.67. The van der Waals surface area contributed by atoms with E-state index in [1.165, 1.54) is 38.8 Å². The lowest BCUT2D eigenvalue weighted by atomic mass is 9.92. The highest BCUT2D eigenvalue weighted by atomic mass is 16.5. The van der Waals surface area contributed by atoms with Crippen molar-refractivity contribution in [3.63, 3.8) is 0 Å². The monoisotopic (exact) mass is 254 g/mol. The van der Waals surface area contributed by atoms with Gasteiger partial charge in [-0.3, -0.25) is 0 Å². The summed E-state index contributed by atoms with van der Waals surface area (Å²) in [4.78, 5) is 2.46. The molecule has 0 aromatic heterocycles. The van der Waals surface area contributed by atoms with Crippen LogP contribution in [-0.2, 0) is 4.74 Å². The van der Waals surface area contributed by atoms with Crippen molar-refractivity contribution < 1.29 is 4.74 Å². The highest BCUT2D eigenvalue weighted by molar-refractivity contribution is 4.79. The van der Waals surface area contributed by atoms with Gasteiger partial charge in [-0.15, -0.1) is 0 Å². The topological polar surface area (TPSA) is 24.5 Å².